The van der Waals surface area contributed by atoms with Gasteiger partial charge in [0.2, 0.25) is 0 Å². The minimum Gasteiger partial charge on any atom is -0.481 e. The van der Waals surface area contributed by atoms with Crippen LogP contribution in [0.5, 0.6) is 5.75 Å². The molecule has 0 heterocycles. The van der Waals surface area contributed by atoms with Crippen molar-refractivity contribution < 1.29 is 19.4 Å². The van der Waals surface area contributed by atoms with Crippen LogP contribution in [0.2, 0.25) is 5.02 Å². The lowest BCUT2D eigenvalue weighted by molar-refractivity contribution is -0.144. The van der Waals surface area contributed by atoms with Crippen molar-refractivity contribution in [3.8, 4) is 5.75 Å². The Hall–Kier alpha value is -1.75. The fourth-order valence-electron chi connectivity index (χ4n) is 1.68. The van der Waals surface area contributed by atoms with Crippen molar-refractivity contribution in [2.24, 2.45) is 5.92 Å². The summed E-state index contributed by atoms with van der Waals surface area (Å²) in [6.45, 7) is 3.30. The predicted octanol–water partition coefficient (Wildman–Crippen LogP) is 2.29. The summed E-state index contributed by atoms with van der Waals surface area (Å²) in [4.78, 5) is 24.2. The predicted molar refractivity (Wildman–Crippen MR) is 76.0 cm³/mol. The maximum Gasteiger partial charge on any atom is 0.308 e. The Morgan fingerprint density at radius 3 is 2.60 bits per heavy atom. The van der Waals surface area contributed by atoms with E-state index in [1.807, 2.05) is 0 Å². The average Bonchev–Trinajstić information content (AvgIpc) is 2.37. The molecule has 0 aliphatic carbocycles. The number of hydrogen-bond acceptors (Lipinski definition) is 3. The first-order valence-electron chi connectivity index (χ1n) is 6.21. The standard InChI is InChI=1S/C14H18ClNO4/c1-9(14(18)19)8-16(3)13(17)10(2)20-12-6-4-5-11(15)7-12/h4-7,9-10H,8H2,1-3H3,(H,18,19). The zero-order chi connectivity index (χ0) is 15.3. The van der Waals surface area contributed by atoms with E-state index >= 15 is 0 Å². The van der Waals surface area contributed by atoms with E-state index in [9.17, 15) is 9.59 Å². The molecule has 2 unspecified atom stereocenters. The number of nitrogens with zero attached hydrogens (tertiary/aromatic N) is 1. The van der Waals surface area contributed by atoms with Crippen molar-refractivity contribution in [2.75, 3.05) is 13.6 Å². The quantitative estimate of drug-likeness (QED) is 0.875. The molecule has 20 heavy (non-hydrogen) atoms. The topological polar surface area (TPSA) is 66.8 Å². The number of ether oxygens (including phenoxy) is 1. The zero-order valence-electron chi connectivity index (χ0n) is 11.7. The summed E-state index contributed by atoms with van der Waals surface area (Å²) in [6, 6.07) is 6.76. The van der Waals surface area contributed by atoms with Crippen molar-refractivity contribution in [2.45, 2.75) is 20.0 Å². The highest BCUT2D eigenvalue weighted by molar-refractivity contribution is 6.30. The van der Waals surface area contributed by atoms with Crippen molar-refractivity contribution in [1.29, 1.82) is 0 Å². The number of likely N-dealkylation sites (N-methyl/N-ethyl adjacent to an activating group) is 1. The number of carbonyl (C=O) groups is 2. The molecule has 110 valence electrons. The molecular weight excluding hydrogens is 282 g/mol. The summed E-state index contributed by atoms with van der Waals surface area (Å²) in [5.41, 5.74) is 0. The van der Waals surface area contributed by atoms with Gasteiger partial charge in [-0.2, -0.15) is 0 Å². The summed E-state index contributed by atoms with van der Waals surface area (Å²) in [6.07, 6.45) is -0.709. The fourth-order valence-corrected chi connectivity index (χ4v) is 1.86. The highest BCUT2D eigenvalue weighted by Gasteiger charge is 2.22. The third-order valence-electron chi connectivity index (χ3n) is 2.80. The lowest BCUT2D eigenvalue weighted by Gasteiger charge is -2.23. The first-order chi connectivity index (χ1) is 9.31. The van der Waals surface area contributed by atoms with Crippen molar-refractivity contribution in [1.82, 2.24) is 4.90 Å². The van der Waals surface area contributed by atoms with Gasteiger partial charge in [0.15, 0.2) is 6.10 Å². The summed E-state index contributed by atoms with van der Waals surface area (Å²) in [7, 11) is 1.56. The molecule has 1 N–H and O–H groups in total. The van der Waals surface area contributed by atoms with Crippen LogP contribution in [0.4, 0.5) is 0 Å². The van der Waals surface area contributed by atoms with Crippen molar-refractivity contribution in [3.63, 3.8) is 0 Å². The third kappa shape index (κ3) is 4.74. The lowest BCUT2D eigenvalue weighted by atomic mass is 10.1. The van der Waals surface area contributed by atoms with Crippen LogP contribution >= 0.6 is 11.6 Å². The molecule has 1 aromatic carbocycles. The summed E-state index contributed by atoms with van der Waals surface area (Å²) in [5.74, 6) is -1.34. The Morgan fingerprint density at radius 2 is 2.05 bits per heavy atom. The Bertz CT molecular complexity index is 492. The Kier molecular flexibility index (Phi) is 5.82. The van der Waals surface area contributed by atoms with E-state index in [0.717, 1.165) is 0 Å². The number of amides is 1. The van der Waals surface area contributed by atoms with Crippen molar-refractivity contribution in [3.05, 3.63) is 29.3 Å². The highest BCUT2D eigenvalue weighted by Crippen LogP contribution is 2.18. The van der Waals surface area contributed by atoms with Gasteiger partial charge < -0.3 is 14.7 Å². The molecule has 0 saturated heterocycles. The summed E-state index contributed by atoms with van der Waals surface area (Å²) < 4.78 is 5.50. The van der Waals surface area contributed by atoms with Crippen molar-refractivity contribution >= 4 is 23.5 Å². The molecule has 6 heteroatoms. The van der Waals surface area contributed by atoms with Crippen LogP contribution in [-0.2, 0) is 9.59 Å². The molecule has 0 bridgehead atoms. The van der Waals surface area contributed by atoms with Gasteiger partial charge in [0.25, 0.3) is 5.91 Å². The van der Waals surface area contributed by atoms with Crippen LogP contribution < -0.4 is 4.74 Å². The van der Waals surface area contributed by atoms with Crippen LogP contribution in [0.25, 0.3) is 0 Å². The van der Waals surface area contributed by atoms with E-state index in [2.05, 4.69) is 0 Å². The summed E-state index contributed by atoms with van der Waals surface area (Å²) >= 11 is 5.83. The number of carbonyl (C=O) groups excluding carboxylic acids is 1. The molecule has 0 aliphatic rings. The minimum absolute atomic E-state index is 0.136. The number of halogens is 1. The minimum atomic E-state index is -0.937. The number of carboxylic acids is 1. The molecule has 1 aromatic rings. The second-order valence-electron chi connectivity index (χ2n) is 4.68. The van der Waals surface area contributed by atoms with Gasteiger partial charge in [-0.1, -0.05) is 24.6 Å². The van der Waals surface area contributed by atoms with Crippen LogP contribution in [0.3, 0.4) is 0 Å². The Balaban J connectivity index is 2.60. The first kappa shape index (κ1) is 16.3. The molecular formula is C14H18ClNO4. The number of hydrogen-bond donors (Lipinski definition) is 1. The van der Waals surface area contributed by atoms with Crippen LogP contribution in [0.15, 0.2) is 24.3 Å². The number of rotatable bonds is 6. The molecule has 0 fully saturated rings. The van der Waals surface area contributed by atoms with Gasteiger partial charge in [-0.3, -0.25) is 9.59 Å². The van der Waals surface area contributed by atoms with Crippen LogP contribution in [0, 0.1) is 5.92 Å². The van der Waals surface area contributed by atoms with Gasteiger partial charge in [0, 0.05) is 18.6 Å². The normalized spacial score (nSPS) is 13.4. The van der Waals surface area contributed by atoms with E-state index in [4.69, 9.17) is 21.4 Å². The van der Waals surface area contributed by atoms with E-state index in [1.54, 1.807) is 45.2 Å². The van der Waals surface area contributed by atoms with Gasteiger partial charge in [-0.05, 0) is 25.1 Å². The van der Waals surface area contributed by atoms with E-state index in [1.165, 1.54) is 4.90 Å². The number of carboxylic acid groups (broad SMARTS) is 1. The Labute approximate surface area is 123 Å². The van der Waals surface area contributed by atoms with Crippen LogP contribution in [-0.4, -0.2) is 41.6 Å². The summed E-state index contributed by atoms with van der Waals surface area (Å²) in [5, 5.41) is 9.36. The molecule has 0 saturated carbocycles. The van der Waals surface area contributed by atoms with Crippen LogP contribution in [0.1, 0.15) is 13.8 Å². The van der Waals surface area contributed by atoms with Gasteiger partial charge in [0.05, 0.1) is 5.92 Å². The third-order valence-corrected chi connectivity index (χ3v) is 3.04. The van der Waals surface area contributed by atoms with E-state index in [0.29, 0.717) is 10.8 Å². The molecule has 0 aromatic heterocycles. The second kappa shape index (κ2) is 7.14. The number of aliphatic carboxylic acids is 1. The van der Waals surface area contributed by atoms with Gasteiger partial charge in [-0.25, -0.2) is 0 Å². The van der Waals surface area contributed by atoms with E-state index < -0.39 is 18.0 Å². The maximum atomic E-state index is 12.1. The van der Waals surface area contributed by atoms with Gasteiger partial charge >= 0.3 is 5.97 Å². The highest BCUT2D eigenvalue weighted by atomic mass is 35.5. The molecule has 1 amide bonds. The Morgan fingerprint density at radius 1 is 1.40 bits per heavy atom. The molecule has 0 spiro atoms. The second-order valence-corrected chi connectivity index (χ2v) is 5.11. The molecule has 0 radical (unpaired) electrons. The smallest absolute Gasteiger partial charge is 0.308 e. The van der Waals surface area contributed by atoms with Gasteiger partial charge in [-0.15, -0.1) is 0 Å². The first-order valence-corrected chi connectivity index (χ1v) is 6.59. The van der Waals surface area contributed by atoms with E-state index in [-0.39, 0.29) is 12.5 Å². The SMILES string of the molecule is CC(CN(C)C(=O)C(C)Oc1cccc(Cl)c1)C(=O)O. The average molecular weight is 300 g/mol. The number of benzene rings is 1. The largest absolute Gasteiger partial charge is 0.481 e. The monoisotopic (exact) mass is 299 g/mol. The van der Waals surface area contributed by atoms with Gasteiger partial charge in [0.1, 0.15) is 5.75 Å². The maximum absolute atomic E-state index is 12.1. The molecule has 0 aliphatic heterocycles. The molecule has 1 rings (SSSR count). The lowest BCUT2D eigenvalue weighted by Crippen LogP contribution is -2.41. The zero-order valence-corrected chi connectivity index (χ0v) is 12.4. The fraction of sp³-hybridized carbons (Fsp3) is 0.429. The molecule has 2 atom stereocenters. The molecule has 5 nitrogen and oxygen atoms in total.